The smallest absolute Gasteiger partial charge is 0.269 e. The molecule has 5 nitrogen and oxygen atoms in total. The number of oxazole rings is 1. The van der Waals surface area contributed by atoms with E-state index >= 15 is 0 Å². The predicted molar refractivity (Wildman–Crippen MR) is 94.5 cm³/mol. The summed E-state index contributed by atoms with van der Waals surface area (Å²) in [5, 5.41) is 2.91. The molecule has 3 rings (SSSR count). The third-order valence-electron chi connectivity index (χ3n) is 3.76. The number of fused-ring (bicyclic) bond motifs is 1. The van der Waals surface area contributed by atoms with Gasteiger partial charge in [-0.15, -0.1) is 0 Å². The fourth-order valence-electron chi connectivity index (χ4n) is 2.51. The molecular formula is C18H18N2O3S. The zero-order valence-corrected chi connectivity index (χ0v) is 14.1. The van der Waals surface area contributed by atoms with Crippen molar-refractivity contribution in [2.75, 3.05) is 7.11 Å². The van der Waals surface area contributed by atoms with Crippen molar-refractivity contribution in [3.63, 3.8) is 0 Å². The van der Waals surface area contributed by atoms with Crippen LogP contribution in [0.2, 0.25) is 0 Å². The van der Waals surface area contributed by atoms with Crippen LogP contribution in [0.3, 0.4) is 0 Å². The number of hydrogen-bond acceptors (Lipinski definition) is 4. The van der Waals surface area contributed by atoms with Gasteiger partial charge >= 0.3 is 0 Å². The zero-order chi connectivity index (χ0) is 16.9. The van der Waals surface area contributed by atoms with E-state index in [-0.39, 0.29) is 5.91 Å². The van der Waals surface area contributed by atoms with Crippen molar-refractivity contribution in [2.24, 2.45) is 0 Å². The Labute approximate surface area is 144 Å². The molecule has 0 aliphatic rings. The van der Waals surface area contributed by atoms with Crippen LogP contribution in [-0.2, 0) is 17.9 Å². The second-order valence-electron chi connectivity index (χ2n) is 5.37. The van der Waals surface area contributed by atoms with Crippen molar-refractivity contribution in [1.29, 1.82) is 0 Å². The molecule has 0 unspecified atom stereocenters. The Morgan fingerprint density at radius 1 is 1.25 bits per heavy atom. The first-order valence-corrected chi connectivity index (χ1v) is 8.06. The highest BCUT2D eigenvalue weighted by atomic mass is 32.1. The highest BCUT2D eigenvalue weighted by Gasteiger charge is 2.08. The van der Waals surface area contributed by atoms with Crippen molar-refractivity contribution < 1.29 is 13.9 Å². The standard InChI is InChI=1S/C18H18N2O3S/c1-22-14-6-4-5-13(11-14)12-19-17(21)9-10-20-15-7-2-3-8-16(15)23-18(20)24/h2-8,11H,9-10,12H2,1H3,(H,19,21). The first-order valence-electron chi connectivity index (χ1n) is 7.65. The van der Waals surface area contributed by atoms with Crippen LogP contribution in [-0.4, -0.2) is 17.6 Å². The molecule has 0 fully saturated rings. The summed E-state index contributed by atoms with van der Waals surface area (Å²) in [6.45, 7) is 0.952. The van der Waals surface area contributed by atoms with Gasteiger partial charge in [-0.25, -0.2) is 0 Å². The molecule has 1 N–H and O–H groups in total. The average molecular weight is 342 g/mol. The van der Waals surface area contributed by atoms with Crippen LogP contribution in [0.4, 0.5) is 0 Å². The van der Waals surface area contributed by atoms with Crippen LogP contribution < -0.4 is 10.1 Å². The number of rotatable bonds is 6. The molecule has 0 aliphatic carbocycles. The van der Waals surface area contributed by atoms with E-state index < -0.39 is 0 Å². The molecule has 0 atom stereocenters. The maximum Gasteiger partial charge on any atom is 0.269 e. The minimum absolute atomic E-state index is 0.0370. The van der Waals surface area contributed by atoms with Gasteiger partial charge in [-0.3, -0.25) is 9.36 Å². The Hall–Kier alpha value is -2.60. The number of amides is 1. The van der Waals surface area contributed by atoms with Gasteiger partial charge in [-0.2, -0.15) is 0 Å². The monoisotopic (exact) mass is 342 g/mol. The molecule has 0 saturated heterocycles. The minimum Gasteiger partial charge on any atom is -0.497 e. The van der Waals surface area contributed by atoms with Crippen LogP contribution in [0.15, 0.2) is 52.9 Å². The number of carbonyl (C=O) groups is 1. The molecule has 0 radical (unpaired) electrons. The van der Waals surface area contributed by atoms with Gasteiger partial charge in [0.15, 0.2) is 5.58 Å². The summed E-state index contributed by atoms with van der Waals surface area (Å²) in [4.78, 5) is 12.5. The predicted octanol–water partition coefficient (Wildman–Crippen LogP) is 3.68. The third-order valence-corrected chi connectivity index (χ3v) is 4.06. The number of hydrogen-bond donors (Lipinski definition) is 1. The quantitative estimate of drug-likeness (QED) is 0.694. The minimum atomic E-state index is -0.0370. The summed E-state index contributed by atoms with van der Waals surface area (Å²) in [5.74, 6) is 0.739. The van der Waals surface area contributed by atoms with Gasteiger partial charge in [-0.05, 0) is 42.0 Å². The van der Waals surface area contributed by atoms with E-state index in [9.17, 15) is 4.79 Å². The van der Waals surface area contributed by atoms with Gasteiger partial charge in [0, 0.05) is 19.5 Å². The maximum atomic E-state index is 12.1. The Balaban J connectivity index is 1.59. The number of para-hydroxylation sites is 2. The number of aryl methyl sites for hydroxylation is 1. The number of ether oxygens (including phenoxy) is 1. The molecule has 24 heavy (non-hydrogen) atoms. The van der Waals surface area contributed by atoms with E-state index in [0.29, 0.717) is 24.3 Å². The summed E-state index contributed by atoms with van der Waals surface area (Å²) < 4.78 is 12.5. The van der Waals surface area contributed by atoms with Crippen molar-refractivity contribution in [3.8, 4) is 5.75 Å². The normalized spacial score (nSPS) is 10.7. The first-order chi connectivity index (χ1) is 11.7. The van der Waals surface area contributed by atoms with E-state index in [1.54, 1.807) is 7.11 Å². The summed E-state index contributed by atoms with van der Waals surface area (Å²) >= 11 is 5.22. The molecular weight excluding hydrogens is 324 g/mol. The molecule has 0 spiro atoms. The summed E-state index contributed by atoms with van der Waals surface area (Å²) in [6.07, 6.45) is 0.335. The second kappa shape index (κ2) is 7.31. The topological polar surface area (TPSA) is 56.4 Å². The molecule has 124 valence electrons. The van der Waals surface area contributed by atoms with Crippen molar-refractivity contribution in [2.45, 2.75) is 19.5 Å². The zero-order valence-electron chi connectivity index (χ0n) is 13.3. The molecule has 3 aromatic rings. The van der Waals surface area contributed by atoms with Crippen LogP contribution in [0.1, 0.15) is 12.0 Å². The molecule has 0 saturated carbocycles. The lowest BCUT2D eigenvalue weighted by atomic mass is 10.2. The molecule has 1 aromatic heterocycles. The van der Waals surface area contributed by atoms with E-state index in [0.717, 1.165) is 22.4 Å². The fourth-order valence-corrected chi connectivity index (χ4v) is 2.79. The third kappa shape index (κ3) is 3.65. The van der Waals surface area contributed by atoms with Gasteiger partial charge in [-0.1, -0.05) is 24.3 Å². The number of methoxy groups -OCH3 is 1. The fraction of sp³-hybridized carbons (Fsp3) is 0.222. The van der Waals surface area contributed by atoms with Gasteiger partial charge in [0.2, 0.25) is 5.91 Å². The van der Waals surface area contributed by atoms with Crippen LogP contribution in [0, 0.1) is 4.84 Å². The van der Waals surface area contributed by atoms with Gasteiger partial charge in [0.25, 0.3) is 4.84 Å². The van der Waals surface area contributed by atoms with Gasteiger partial charge in [0.05, 0.1) is 12.6 Å². The highest BCUT2D eigenvalue weighted by Crippen LogP contribution is 2.17. The molecule has 6 heteroatoms. The molecule has 1 amide bonds. The van der Waals surface area contributed by atoms with Crippen molar-refractivity contribution >= 4 is 29.2 Å². The molecule has 2 aromatic carbocycles. The van der Waals surface area contributed by atoms with Gasteiger partial charge < -0.3 is 14.5 Å². The van der Waals surface area contributed by atoms with E-state index in [1.165, 1.54) is 0 Å². The Bertz CT molecular complexity index is 914. The second-order valence-corrected chi connectivity index (χ2v) is 5.71. The highest BCUT2D eigenvalue weighted by molar-refractivity contribution is 7.71. The Morgan fingerprint density at radius 2 is 2.08 bits per heavy atom. The lowest BCUT2D eigenvalue weighted by molar-refractivity contribution is -0.121. The summed E-state index contributed by atoms with van der Waals surface area (Å²) in [7, 11) is 1.62. The summed E-state index contributed by atoms with van der Waals surface area (Å²) in [5.41, 5.74) is 2.63. The number of benzene rings is 2. The number of nitrogens with zero attached hydrogens (tertiary/aromatic N) is 1. The van der Waals surface area contributed by atoms with E-state index in [4.69, 9.17) is 21.4 Å². The lowest BCUT2D eigenvalue weighted by Gasteiger charge is -2.07. The number of nitrogens with one attached hydrogen (secondary N) is 1. The van der Waals surface area contributed by atoms with Crippen LogP contribution in [0.5, 0.6) is 5.75 Å². The maximum absolute atomic E-state index is 12.1. The van der Waals surface area contributed by atoms with Crippen LogP contribution >= 0.6 is 12.2 Å². The SMILES string of the molecule is COc1cccc(CNC(=O)CCn2c(=S)oc3ccccc32)c1. The van der Waals surface area contributed by atoms with Crippen molar-refractivity contribution in [1.82, 2.24) is 9.88 Å². The molecule has 0 bridgehead atoms. The van der Waals surface area contributed by atoms with E-state index in [2.05, 4.69) is 5.32 Å². The Kier molecular flexibility index (Phi) is 4.96. The molecule has 0 aliphatic heterocycles. The summed E-state index contributed by atoms with van der Waals surface area (Å²) in [6, 6.07) is 15.2. The first kappa shape index (κ1) is 16.3. The largest absolute Gasteiger partial charge is 0.497 e. The van der Waals surface area contributed by atoms with Crippen molar-refractivity contribution in [3.05, 3.63) is 58.9 Å². The number of carbonyl (C=O) groups excluding carboxylic acids is 1. The Morgan fingerprint density at radius 3 is 2.92 bits per heavy atom. The van der Waals surface area contributed by atoms with Gasteiger partial charge in [0.1, 0.15) is 5.75 Å². The van der Waals surface area contributed by atoms with E-state index in [1.807, 2.05) is 53.1 Å². The molecule has 1 heterocycles. The number of aromatic nitrogens is 1. The lowest BCUT2D eigenvalue weighted by Crippen LogP contribution is -2.23. The average Bonchev–Trinajstić information content (AvgIpc) is 2.93. The van der Waals surface area contributed by atoms with Crippen LogP contribution in [0.25, 0.3) is 11.1 Å².